The third kappa shape index (κ3) is 4.97. The van der Waals surface area contributed by atoms with Gasteiger partial charge in [0.25, 0.3) is 5.91 Å². The number of quaternary nitrogens is 1. The summed E-state index contributed by atoms with van der Waals surface area (Å²) in [5.41, 5.74) is 3.28. The monoisotopic (exact) mass is 361 g/mol. The van der Waals surface area contributed by atoms with E-state index in [4.69, 9.17) is 0 Å². The van der Waals surface area contributed by atoms with E-state index in [2.05, 4.69) is 45.6 Å². The van der Waals surface area contributed by atoms with Crippen LogP contribution in [0.2, 0.25) is 0 Å². The van der Waals surface area contributed by atoms with Crippen molar-refractivity contribution in [2.24, 2.45) is 0 Å². The number of carbonyl (C=O) groups is 1. The zero-order valence-corrected chi connectivity index (χ0v) is 14.6. The molecule has 0 radical (unpaired) electrons. The quantitative estimate of drug-likeness (QED) is 0.813. The summed E-state index contributed by atoms with van der Waals surface area (Å²) >= 11 is 3.45. The van der Waals surface area contributed by atoms with Crippen molar-refractivity contribution >= 4 is 27.5 Å². The lowest BCUT2D eigenvalue weighted by Crippen LogP contribution is -2.87. The van der Waals surface area contributed by atoms with Crippen LogP contribution < -0.4 is 10.6 Å². The lowest BCUT2D eigenvalue weighted by Gasteiger charge is -2.14. The summed E-state index contributed by atoms with van der Waals surface area (Å²) in [7, 11) is 0. The summed E-state index contributed by atoms with van der Waals surface area (Å²) in [6.45, 7) is 4.59. The standard InChI is InChI=1S/C18H21BrN2O/c1-3-17(14-6-8-15(19)9-7-14)20-12-18(22)21-16-10-4-13(2)5-11-16/h4-11,17,20H,3,12H2,1-2H3,(H,21,22)/p+1/t17-/m0/s1. The second kappa shape index (κ2) is 8.11. The van der Waals surface area contributed by atoms with Crippen LogP contribution in [0.3, 0.4) is 0 Å². The molecule has 0 saturated heterocycles. The number of anilines is 1. The maximum Gasteiger partial charge on any atom is 0.279 e. The third-order valence-corrected chi connectivity index (χ3v) is 4.19. The molecule has 0 aromatic heterocycles. The fraction of sp³-hybridized carbons (Fsp3) is 0.278. The minimum Gasteiger partial charge on any atom is -0.332 e. The van der Waals surface area contributed by atoms with E-state index < -0.39 is 0 Å². The molecule has 4 heteroatoms. The number of nitrogens with one attached hydrogen (secondary N) is 1. The van der Waals surface area contributed by atoms with Crippen molar-refractivity contribution < 1.29 is 10.1 Å². The minimum atomic E-state index is 0.0272. The van der Waals surface area contributed by atoms with E-state index in [1.807, 2.05) is 43.3 Å². The highest BCUT2D eigenvalue weighted by molar-refractivity contribution is 9.10. The molecule has 2 aromatic carbocycles. The van der Waals surface area contributed by atoms with Crippen molar-refractivity contribution in [3.05, 3.63) is 64.1 Å². The maximum absolute atomic E-state index is 12.1. The molecule has 0 fully saturated rings. The Kier molecular flexibility index (Phi) is 6.16. The Hall–Kier alpha value is -1.65. The van der Waals surface area contributed by atoms with Crippen molar-refractivity contribution in [1.29, 1.82) is 0 Å². The zero-order valence-electron chi connectivity index (χ0n) is 13.0. The number of nitrogens with two attached hydrogens (primary N) is 1. The highest BCUT2D eigenvalue weighted by Crippen LogP contribution is 2.16. The van der Waals surface area contributed by atoms with Crippen LogP contribution in [-0.4, -0.2) is 12.5 Å². The molecule has 0 aliphatic heterocycles. The van der Waals surface area contributed by atoms with Gasteiger partial charge < -0.3 is 10.6 Å². The topological polar surface area (TPSA) is 45.7 Å². The number of rotatable bonds is 6. The molecule has 3 N–H and O–H groups in total. The molecule has 1 atom stereocenters. The molecule has 3 nitrogen and oxygen atoms in total. The maximum atomic E-state index is 12.1. The second-order valence-electron chi connectivity index (χ2n) is 5.42. The molecule has 0 heterocycles. The average molecular weight is 362 g/mol. The summed E-state index contributed by atoms with van der Waals surface area (Å²) in [4.78, 5) is 12.1. The number of carbonyl (C=O) groups excluding carboxylic acids is 1. The largest absolute Gasteiger partial charge is 0.332 e. The fourth-order valence-corrected chi connectivity index (χ4v) is 2.61. The lowest BCUT2D eigenvalue weighted by molar-refractivity contribution is -0.686. The van der Waals surface area contributed by atoms with Crippen LogP contribution in [-0.2, 0) is 4.79 Å². The Morgan fingerprint density at radius 1 is 1.14 bits per heavy atom. The molecule has 22 heavy (non-hydrogen) atoms. The van der Waals surface area contributed by atoms with Crippen molar-refractivity contribution in [2.75, 3.05) is 11.9 Å². The van der Waals surface area contributed by atoms with Gasteiger partial charge in [0.2, 0.25) is 0 Å². The molecule has 0 aliphatic carbocycles. The molecule has 0 aliphatic rings. The highest BCUT2D eigenvalue weighted by atomic mass is 79.9. The van der Waals surface area contributed by atoms with E-state index >= 15 is 0 Å². The summed E-state index contributed by atoms with van der Waals surface area (Å²) in [6, 6.07) is 16.4. The molecular formula is C18H22BrN2O+. The third-order valence-electron chi connectivity index (χ3n) is 3.66. The van der Waals surface area contributed by atoms with Crippen LogP contribution in [0.5, 0.6) is 0 Å². The van der Waals surface area contributed by atoms with Gasteiger partial charge in [-0.1, -0.05) is 52.7 Å². The smallest absolute Gasteiger partial charge is 0.279 e. The SMILES string of the molecule is CC[C@H]([NH2+]CC(=O)Nc1ccc(C)cc1)c1ccc(Br)cc1. The number of amides is 1. The van der Waals surface area contributed by atoms with Crippen LogP contribution in [0, 0.1) is 6.92 Å². The highest BCUT2D eigenvalue weighted by Gasteiger charge is 2.14. The van der Waals surface area contributed by atoms with Crippen LogP contribution in [0.15, 0.2) is 53.0 Å². The zero-order chi connectivity index (χ0) is 15.9. The molecule has 1 amide bonds. The Bertz CT molecular complexity index is 608. The molecule has 0 bridgehead atoms. The first-order chi connectivity index (χ1) is 10.6. The van der Waals surface area contributed by atoms with Gasteiger partial charge in [0, 0.05) is 22.1 Å². The first-order valence-corrected chi connectivity index (χ1v) is 8.33. The Morgan fingerprint density at radius 2 is 1.77 bits per heavy atom. The van der Waals surface area contributed by atoms with Crippen LogP contribution in [0.4, 0.5) is 5.69 Å². The van der Waals surface area contributed by atoms with Crippen LogP contribution in [0.25, 0.3) is 0 Å². The van der Waals surface area contributed by atoms with E-state index in [1.165, 1.54) is 11.1 Å². The molecule has 2 aromatic rings. The Labute approximate surface area is 140 Å². The number of benzene rings is 2. The molecule has 0 unspecified atom stereocenters. The van der Waals surface area contributed by atoms with Crippen molar-refractivity contribution in [1.82, 2.24) is 0 Å². The van der Waals surface area contributed by atoms with Gasteiger partial charge in [-0.15, -0.1) is 0 Å². The van der Waals surface area contributed by atoms with Gasteiger partial charge in [-0.3, -0.25) is 4.79 Å². The predicted molar refractivity (Wildman–Crippen MR) is 93.8 cm³/mol. The van der Waals surface area contributed by atoms with Crippen molar-refractivity contribution in [2.45, 2.75) is 26.3 Å². The number of halogens is 1. The van der Waals surface area contributed by atoms with Crippen LogP contribution >= 0.6 is 15.9 Å². The molecule has 2 rings (SSSR count). The van der Waals surface area contributed by atoms with E-state index in [1.54, 1.807) is 0 Å². The van der Waals surface area contributed by atoms with E-state index in [-0.39, 0.29) is 5.91 Å². The number of hydrogen-bond acceptors (Lipinski definition) is 1. The molecule has 0 saturated carbocycles. The molecular weight excluding hydrogens is 340 g/mol. The average Bonchev–Trinajstić information content (AvgIpc) is 2.52. The number of aryl methyl sites for hydroxylation is 1. The molecule has 116 valence electrons. The van der Waals surface area contributed by atoms with E-state index in [9.17, 15) is 4.79 Å². The minimum absolute atomic E-state index is 0.0272. The summed E-state index contributed by atoms with van der Waals surface area (Å²) in [5.74, 6) is 0.0272. The molecule has 0 spiro atoms. The van der Waals surface area contributed by atoms with Gasteiger partial charge in [0.1, 0.15) is 6.04 Å². The predicted octanol–water partition coefficient (Wildman–Crippen LogP) is 3.41. The normalized spacial score (nSPS) is 12.0. The Morgan fingerprint density at radius 3 is 2.36 bits per heavy atom. The summed E-state index contributed by atoms with van der Waals surface area (Å²) in [5, 5.41) is 5.02. The van der Waals surface area contributed by atoms with E-state index in [0.29, 0.717) is 12.6 Å². The van der Waals surface area contributed by atoms with Gasteiger partial charge in [0.05, 0.1) is 0 Å². The van der Waals surface area contributed by atoms with Gasteiger partial charge >= 0.3 is 0 Å². The number of hydrogen-bond donors (Lipinski definition) is 2. The van der Waals surface area contributed by atoms with Gasteiger partial charge in [-0.25, -0.2) is 0 Å². The van der Waals surface area contributed by atoms with Gasteiger partial charge in [-0.05, 0) is 31.2 Å². The van der Waals surface area contributed by atoms with Crippen molar-refractivity contribution in [3.63, 3.8) is 0 Å². The van der Waals surface area contributed by atoms with Gasteiger partial charge in [0.15, 0.2) is 6.54 Å². The summed E-state index contributed by atoms with van der Waals surface area (Å²) < 4.78 is 1.07. The summed E-state index contributed by atoms with van der Waals surface area (Å²) in [6.07, 6.45) is 0.986. The van der Waals surface area contributed by atoms with Gasteiger partial charge in [-0.2, -0.15) is 0 Å². The first-order valence-electron chi connectivity index (χ1n) is 7.54. The Balaban J connectivity index is 1.88. The fourth-order valence-electron chi connectivity index (χ4n) is 2.35. The van der Waals surface area contributed by atoms with Crippen molar-refractivity contribution in [3.8, 4) is 0 Å². The first kappa shape index (κ1) is 16.7. The van der Waals surface area contributed by atoms with E-state index in [0.717, 1.165) is 16.6 Å². The lowest BCUT2D eigenvalue weighted by atomic mass is 10.0. The van der Waals surface area contributed by atoms with Crippen LogP contribution in [0.1, 0.15) is 30.5 Å². The second-order valence-corrected chi connectivity index (χ2v) is 6.34.